The minimum absolute atomic E-state index is 0.0404. The molecule has 1 atom stereocenters. The SMILES string of the molecule is CCCCCCN1C(=O)C(CCOc2ccccc2C)Oc2ccccc21. The van der Waals surface area contributed by atoms with Crippen LogP contribution in [-0.4, -0.2) is 25.2 Å². The van der Waals surface area contributed by atoms with Gasteiger partial charge in [0.1, 0.15) is 11.5 Å². The van der Waals surface area contributed by atoms with Crippen molar-refractivity contribution < 1.29 is 14.3 Å². The molecule has 0 radical (unpaired) electrons. The van der Waals surface area contributed by atoms with Crippen molar-refractivity contribution >= 4 is 11.6 Å². The van der Waals surface area contributed by atoms with Gasteiger partial charge in [-0.25, -0.2) is 0 Å². The number of nitrogens with zero attached hydrogens (tertiary/aromatic N) is 1. The van der Waals surface area contributed by atoms with Crippen LogP contribution in [0.2, 0.25) is 0 Å². The Labute approximate surface area is 162 Å². The van der Waals surface area contributed by atoms with E-state index in [4.69, 9.17) is 9.47 Å². The van der Waals surface area contributed by atoms with Crippen molar-refractivity contribution in [1.82, 2.24) is 0 Å². The molecule has 0 bridgehead atoms. The maximum absolute atomic E-state index is 13.0. The van der Waals surface area contributed by atoms with Crippen LogP contribution in [0.1, 0.15) is 44.6 Å². The van der Waals surface area contributed by atoms with Gasteiger partial charge in [-0.3, -0.25) is 4.79 Å². The molecular weight excluding hydrogens is 338 g/mol. The van der Waals surface area contributed by atoms with Crippen LogP contribution in [0.15, 0.2) is 48.5 Å². The molecule has 0 N–H and O–H groups in total. The van der Waals surface area contributed by atoms with E-state index in [0.29, 0.717) is 13.0 Å². The van der Waals surface area contributed by atoms with Crippen molar-refractivity contribution in [2.24, 2.45) is 0 Å². The average molecular weight is 367 g/mol. The molecule has 27 heavy (non-hydrogen) atoms. The number of hydrogen-bond donors (Lipinski definition) is 0. The van der Waals surface area contributed by atoms with Gasteiger partial charge in [0.15, 0.2) is 6.10 Å². The maximum atomic E-state index is 13.0. The van der Waals surface area contributed by atoms with Crippen molar-refractivity contribution in [2.45, 2.75) is 52.1 Å². The Kier molecular flexibility index (Phi) is 6.74. The molecule has 1 amide bonds. The molecule has 0 saturated carbocycles. The summed E-state index contributed by atoms with van der Waals surface area (Å²) in [5, 5.41) is 0. The summed E-state index contributed by atoms with van der Waals surface area (Å²) in [4.78, 5) is 14.9. The van der Waals surface area contributed by atoms with E-state index in [0.717, 1.165) is 42.1 Å². The van der Waals surface area contributed by atoms with Gasteiger partial charge in [0.25, 0.3) is 5.91 Å². The van der Waals surface area contributed by atoms with E-state index in [-0.39, 0.29) is 5.91 Å². The molecule has 4 nitrogen and oxygen atoms in total. The maximum Gasteiger partial charge on any atom is 0.268 e. The van der Waals surface area contributed by atoms with Crippen molar-refractivity contribution in [3.63, 3.8) is 0 Å². The number of fused-ring (bicyclic) bond motifs is 1. The second-order valence-corrected chi connectivity index (χ2v) is 7.03. The fourth-order valence-corrected chi connectivity index (χ4v) is 3.38. The number of para-hydroxylation sites is 3. The Morgan fingerprint density at radius 2 is 1.81 bits per heavy atom. The monoisotopic (exact) mass is 367 g/mol. The Morgan fingerprint density at radius 3 is 2.63 bits per heavy atom. The summed E-state index contributed by atoms with van der Waals surface area (Å²) in [6.07, 6.45) is 4.59. The van der Waals surface area contributed by atoms with E-state index in [2.05, 4.69) is 6.92 Å². The zero-order chi connectivity index (χ0) is 19.1. The molecule has 0 saturated heterocycles. The van der Waals surface area contributed by atoms with Crippen LogP contribution >= 0.6 is 0 Å². The number of rotatable bonds is 9. The zero-order valence-electron chi connectivity index (χ0n) is 16.3. The molecule has 2 aromatic rings. The third-order valence-electron chi connectivity index (χ3n) is 4.93. The molecule has 3 rings (SSSR count). The summed E-state index contributed by atoms with van der Waals surface area (Å²) in [6, 6.07) is 15.7. The molecule has 0 aromatic heterocycles. The van der Waals surface area contributed by atoms with Gasteiger partial charge in [0, 0.05) is 13.0 Å². The van der Waals surface area contributed by atoms with E-state index >= 15 is 0 Å². The molecule has 1 aliphatic rings. The van der Waals surface area contributed by atoms with E-state index in [1.165, 1.54) is 12.8 Å². The molecule has 0 fully saturated rings. The molecule has 144 valence electrons. The average Bonchev–Trinajstić information content (AvgIpc) is 2.68. The molecule has 1 heterocycles. The van der Waals surface area contributed by atoms with E-state index in [1.54, 1.807) is 0 Å². The Morgan fingerprint density at radius 1 is 1.04 bits per heavy atom. The number of carbonyl (C=O) groups is 1. The number of benzene rings is 2. The Bertz CT molecular complexity index is 759. The van der Waals surface area contributed by atoms with Gasteiger partial charge >= 0.3 is 0 Å². The summed E-state index contributed by atoms with van der Waals surface area (Å²) in [6.45, 7) is 5.41. The quantitative estimate of drug-likeness (QED) is 0.576. The highest BCUT2D eigenvalue weighted by atomic mass is 16.5. The lowest BCUT2D eigenvalue weighted by Gasteiger charge is -2.34. The first kappa shape index (κ1) is 19.3. The molecule has 2 aromatic carbocycles. The van der Waals surface area contributed by atoms with Gasteiger partial charge in [0.2, 0.25) is 0 Å². The number of ether oxygens (including phenoxy) is 2. The standard InChI is InChI=1S/C23H29NO3/c1-3-4-5-10-16-24-19-12-7-9-14-21(19)27-22(23(24)25)15-17-26-20-13-8-6-11-18(20)2/h6-9,11-14,22H,3-5,10,15-17H2,1-2H3. The fraction of sp³-hybridized carbons (Fsp3) is 0.435. The number of aryl methyl sites for hydroxylation is 1. The van der Waals surface area contributed by atoms with Gasteiger partial charge in [0.05, 0.1) is 12.3 Å². The van der Waals surface area contributed by atoms with Crippen LogP contribution in [-0.2, 0) is 4.79 Å². The van der Waals surface area contributed by atoms with Crippen LogP contribution in [0.4, 0.5) is 5.69 Å². The highest BCUT2D eigenvalue weighted by Crippen LogP contribution is 2.34. The summed E-state index contributed by atoms with van der Waals surface area (Å²) in [7, 11) is 0. The van der Waals surface area contributed by atoms with E-state index in [1.807, 2.05) is 60.4 Å². The normalized spacial score (nSPS) is 16.0. The van der Waals surface area contributed by atoms with Crippen LogP contribution in [0.5, 0.6) is 11.5 Å². The van der Waals surface area contributed by atoms with Crippen LogP contribution < -0.4 is 14.4 Å². The van der Waals surface area contributed by atoms with Crippen molar-refractivity contribution in [2.75, 3.05) is 18.1 Å². The first-order valence-electron chi connectivity index (χ1n) is 9.96. The molecule has 0 aliphatic carbocycles. The van der Waals surface area contributed by atoms with Gasteiger partial charge < -0.3 is 14.4 Å². The lowest BCUT2D eigenvalue weighted by atomic mass is 10.1. The molecule has 0 spiro atoms. The minimum Gasteiger partial charge on any atom is -0.493 e. The van der Waals surface area contributed by atoms with Gasteiger partial charge in [-0.1, -0.05) is 56.5 Å². The topological polar surface area (TPSA) is 38.8 Å². The lowest BCUT2D eigenvalue weighted by Crippen LogP contribution is -2.46. The lowest BCUT2D eigenvalue weighted by molar-refractivity contribution is -0.126. The summed E-state index contributed by atoms with van der Waals surface area (Å²) < 4.78 is 11.9. The van der Waals surface area contributed by atoms with Crippen molar-refractivity contribution in [3.8, 4) is 11.5 Å². The Balaban J connectivity index is 1.64. The van der Waals surface area contributed by atoms with Crippen LogP contribution in [0, 0.1) is 6.92 Å². The molecule has 1 unspecified atom stereocenters. The minimum atomic E-state index is -0.491. The van der Waals surface area contributed by atoms with Gasteiger partial charge in [-0.2, -0.15) is 0 Å². The molecule has 4 heteroatoms. The van der Waals surface area contributed by atoms with E-state index in [9.17, 15) is 4.79 Å². The Hall–Kier alpha value is -2.49. The third-order valence-corrected chi connectivity index (χ3v) is 4.93. The largest absolute Gasteiger partial charge is 0.493 e. The summed E-state index contributed by atoms with van der Waals surface area (Å²) >= 11 is 0. The second-order valence-electron chi connectivity index (χ2n) is 7.03. The highest BCUT2D eigenvalue weighted by molar-refractivity contribution is 6.00. The molecular formula is C23H29NO3. The van der Waals surface area contributed by atoms with Crippen molar-refractivity contribution in [3.05, 3.63) is 54.1 Å². The third kappa shape index (κ3) is 4.82. The predicted octanol–water partition coefficient (Wildman–Crippen LogP) is 5.14. The number of anilines is 1. The summed E-state index contributed by atoms with van der Waals surface area (Å²) in [5.74, 6) is 1.68. The van der Waals surface area contributed by atoms with Crippen LogP contribution in [0.3, 0.4) is 0 Å². The van der Waals surface area contributed by atoms with Crippen molar-refractivity contribution in [1.29, 1.82) is 0 Å². The van der Waals surface area contributed by atoms with Gasteiger partial charge in [-0.05, 0) is 37.1 Å². The molecule has 1 aliphatic heterocycles. The van der Waals surface area contributed by atoms with Gasteiger partial charge in [-0.15, -0.1) is 0 Å². The number of carbonyl (C=O) groups excluding carboxylic acids is 1. The first-order chi connectivity index (χ1) is 13.2. The van der Waals surface area contributed by atoms with Crippen LogP contribution in [0.25, 0.3) is 0 Å². The summed E-state index contributed by atoms with van der Waals surface area (Å²) in [5.41, 5.74) is 1.98. The predicted molar refractivity (Wildman–Crippen MR) is 109 cm³/mol. The smallest absolute Gasteiger partial charge is 0.268 e. The fourth-order valence-electron chi connectivity index (χ4n) is 3.38. The van der Waals surface area contributed by atoms with E-state index < -0.39 is 6.10 Å². The zero-order valence-corrected chi connectivity index (χ0v) is 16.3. The number of amides is 1. The number of unbranched alkanes of at least 4 members (excludes halogenated alkanes) is 3. The first-order valence-corrected chi connectivity index (χ1v) is 9.96. The number of hydrogen-bond acceptors (Lipinski definition) is 3. The highest BCUT2D eigenvalue weighted by Gasteiger charge is 2.33. The second kappa shape index (κ2) is 9.45.